The van der Waals surface area contributed by atoms with Crippen LogP contribution < -0.4 is 64.4 Å². The van der Waals surface area contributed by atoms with Gasteiger partial charge in [0, 0.05) is 13.0 Å². The van der Waals surface area contributed by atoms with Crippen molar-refractivity contribution in [1.82, 2.24) is 5.32 Å². The van der Waals surface area contributed by atoms with Crippen LogP contribution in [-0.4, -0.2) is 61.5 Å². The average molecular weight is 625 g/mol. The van der Waals surface area contributed by atoms with Gasteiger partial charge in [-0.25, -0.2) is 12.6 Å². The van der Waals surface area contributed by atoms with Gasteiger partial charge in [0.05, 0.1) is 28.1 Å². The molecule has 3 N–H and O–H groups in total. The molecule has 0 bridgehead atoms. The van der Waals surface area contributed by atoms with E-state index in [2.05, 4.69) is 26.1 Å². The van der Waals surface area contributed by atoms with Crippen LogP contribution in [0.5, 0.6) is 0 Å². The average Bonchev–Trinajstić information content (AvgIpc) is 3.14. The summed E-state index contributed by atoms with van der Waals surface area (Å²) in [5, 5.41) is 12.9. The van der Waals surface area contributed by atoms with E-state index in [4.69, 9.17) is 4.18 Å². The van der Waals surface area contributed by atoms with Crippen LogP contribution in [0.15, 0.2) is 0 Å². The normalized spacial score (nSPS) is 39.9. The number of aliphatic hydroxyl groups excluding tert-OH is 1. The fourth-order valence-electron chi connectivity index (χ4n) is 9.37. The topological polar surface area (TPSA) is 170 Å². The van der Waals surface area contributed by atoms with Gasteiger partial charge in [-0.3, -0.25) is 9.35 Å². The molecule has 4 fully saturated rings. The summed E-state index contributed by atoms with van der Waals surface area (Å²) in [5.74, 6) is 0.330. The fourth-order valence-corrected chi connectivity index (χ4v) is 10.2. The second-order valence-electron chi connectivity index (χ2n) is 13.1. The summed E-state index contributed by atoms with van der Waals surface area (Å²) >= 11 is 0. The first-order valence-electron chi connectivity index (χ1n) is 14.1. The second kappa shape index (κ2) is 14.1. The smallest absolute Gasteiger partial charge is 0.748 e. The van der Waals surface area contributed by atoms with E-state index in [9.17, 15) is 35.8 Å². The van der Waals surface area contributed by atoms with E-state index in [0.29, 0.717) is 25.2 Å². The first-order chi connectivity index (χ1) is 17.5. The van der Waals surface area contributed by atoms with E-state index in [-0.39, 0.29) is 125 Å². The summed E-state index contributed by atoms with van der Waals surface area (Å²) in [4.78, 5) is 12.2. The van der Waals surface area contributed by atoms with E-state index >= 15 is 0 Å². The molecule has 4 aliphatic carbocycles. The summed E-state index contributed by atoms with van der Waals surface area (Å²) in [6, 6.07) is 0. The van der Waals surface area contributed by atoms with E-state index < -0.39 is 32.4 Å². The van der Waals surface area contributed by atoms with Crippen LogP contribution >= 0.6 is 0 Å². The molecule has 0 aromatic carbocycles. The Kier molecular flexibility index (Phi) is 13.2. The number of rotatable bonds is 9. The minimum Gasteiger partial charge on any atom is -0.748 e. The van der Waals surface area contributed by atoms with Crippen molar-refractivity contribution in [2.75, 3.05) is 12.3 Å². The van der Waals surface area contributed by atoms with Gasteiger partial charge in [0.2, 0.25) is 5.91 Å². The van der Waals surface area contributed by atoms with Gasteiger partial charge in [0.1, 0.15) is 0 Å². The Morgan fingerprint density at radius 3 is 2.27 bits per heavy atom. The maximum Gasteiger partial charge on any atom is 1.00 e. The summed E-state index contributed by atoms with van der Waals surface area (Å²) in [6.07, 6.45) is 6.56. The largest absolute Gasteiger partial charge is 1.00 e. The zero-order chi connectivity index (χ0) is 28.1. The van der Waals surface area contributed by atoms with Gasteiger partial charge in [0.25, 0.3) is 0 Å². The summed E-state index contributed by atoms with van der Waals surface area (Å²) in [6.45, 7) is 6.56. The molecule has 4 rings (SSSR count). The molecule has 4 aliphatic rings. The van der Waals surface area contributed by atoms with Crippen molar-refractivity contribution in [3.8, 4) is 0 Å². The number of nitrogens with one attached hydrogen (secondary N) is 1. The molecule has 10 atom stereocenters. The molecule has 0 aromatic rings. The predicted octanol–water partition coefficient (Wildman–Crippen LogP) is -3.11. The molecule has 0 spiro atoms. The Morgan fingerprint density at radius 1 is 1.02 bits per heavy atom. The molecule has 0 saturated heterocycles. The number of amides is 1. The van der Waals surface area contributed by atoms with Gasteiger partial charge in [-0.15, -0.1) is 0 Å². The zero-order valence-corrected chi connectivity index (χ0v) is 30.3. The monoisotopic (exact) mass is 624 g/mol. The number of fused-ring (bicyclic) bond motifs is 5. The first kappa shape index (κ1) is 37.4. The Balaban J connectivity index is 0.00000280. The van der Waals surface area contributed by atoms with Crippen molar-refractivity contribution in [3.63, 3.8) is 0 Å². The Bertz CT molecular complexity index is 1110. The Hall–Kier alpha value is 1.21. The van der Waals surface area contributed by atoms with E-state index in [1.807, 2.05) is 0 Å². The van der Waals surface area contributed by atoms with Crippen LogP contribution in [0.25, 0.3) is 0 Å². The van der Waals surface area contributed by atoms with Crippen LogP contribution in [-0.2, 0) is 29.5 Å². The molecule has 40 heavy (non-hydrogen) atoms. The molecule has 0 radical (unpaired) electrons. The maximum absolute atomic E-state index is 12.2. The SMILES string of the molecule is C[C@H](CCC(=O)NCCS(=O)(=O)[O-])[C@H]1CC[C@H]2[C@@H]3[C@H](OS(=O)(=O)O)C[C@@H]4C[C@H](O)CC[C@]4(C)[C@H]3CC[C@]12C.[Na+].[Na+]. The van der Waals surface area contributed by atoms with Gasteiger partial charge in [0.15, 0.2) is 0 Å². The number of hydrogen-bond acceptors (Lipinski definition) is 8. The number of carbonyl (C=O) groups excluding carboxylic acids is 1. The number of aliphatic hydroxyl groups is 1. The third kappa shape index (κ3) is 8.27. The molecule has 14 heteroatoms. The second-order valence-corrected chi connectivity index (χ2v) is 15.6. The number of carbonyl (C=O) groups is 1. The molecule has 0 unspecified atom stereocenters. The predicted molar refractivity (Wildman–Crippen MR) is 139 cm³/mol. The van der Waals surface area contributed by atoms with Gasteiger partial charge in [-0.05, 0) is 104 Å². The number of hydrogen-bond donors (Lipinski definition) is 3. The third-order valence-corrected chi connectivity index (χ3v) is 12.3. The Morgan fingerprint density at radius 2 is 1.65 bits per heavy atom. The molecular formula is C26H44NNa2O9S2+. The van der Waals surface area contributed by atoms with Crippen LogP contribution in [0.1, 0.15) is 85.0 Å². The van der Waals surface area contributed by atoms with Crippen molar-refractivity contribution in [3.05, 3.63) is 0 Å². The van der Waals surface area contributed by atoms with Gasteiger partial charge in [-0.2, -0.15) is 8.42 Å². The van der Waals surface area contributed by atoms with Gasteiger partial charge >= 0.3 is 69.5 Å². The minimum atomic E-state index is -4.62. The van der Waals surface area contributed by atoms with Crippen LogP contribution in [0.4, 0.5) is 0 Å². The molecule has 1 amide bonds. The van der Waals surface area contributed by atoms with Crippen LogP contribution in [0.3, 0.4) is 0 Å². The first-order valence-corrected chi connectivity index (χ1v) is 17.0. The van der Waals surface area contributed by atoms with Crippen molar-refractivity contribution in [1.29, 1.82) is 0 Å². The van der Waals surface area contributed by atoms with Crippen molar-refractivity contribution in [2.45, 2.75) is 97.2 Å². The zero-order valence-electron chi connectivity index (χ0n) is 24.7. The minimum absolute atomic E-state index is 0. The summed E-state index contributed by atoms with van der Waals surface area (Å²) in [5.41, 5.74) is -0.0461. The molecule has 0 aliphatic heterocycles. The molecular weight excluding hydrogens is 580 g/mol. The molecule has 0 heterocycles. The molecule has 10 nitrogen and oxygen atoms in total. The maximum atomic E-state index is 12.2. The van der Waals surface area contributed by atoms with Crippen molar-refractivity contribution >= 4 is 26.4 Å². The fraction of sp³-hybridized carbons (Fsp3) is 0.962. The van der Waals surface area contributed by atoms with Crippen LogP contribution in [0, 0.1) is 46.3 Å². The van der Waals surface area contributed by atoms with Crippen molar-refractivity contribution < 1.29 is 99.1 Å². The quantitative estimate of drug-likeness (QED) is 0.178. The van der Waals surface area contributed by atoms with Crippen LogP contribution in [0.2, 0.25) is 0 Å². The van der Waals surface area contributed by atoms with Gasteiger partial charge < -0.3 is 15.0 Å². The summed E-state index contributed by atoms with van der Waals surface area (Å²) < 4.78 is 71.1. The van der Waals surface area contributed by atoms with E-state index in [1.54, 1.807) is 0 Å². The molecule has 4 saturated carbocycles. The Labute approximate surface area is 284 Å². The molecule has 0 aromatic heterocycles. The van der Waals surface area contributed by atoms with E-state index in [0.717, 1.165) is 38.5 Å². The third-order valence-electron chi connectivity index (χ3n) is 11.1. The molecule has 220 valence electrons. The van der Waals surface area contributed by atoms with Crippen molar-refractivity contribution in [2.24, 2.45) is 46.3 Å². The van der Waals surface area contributed by atoms with Gasteiger partial charge in [-0.1, -0.05) is 20.8 Å². The summed E-state index contributed by atoms with van der Waals surface area (Å²) in [7, 11) is -8.99. The van der Waals surface area contributed by atoms with E-state index in [1.165, 1.54) is 0 Å². The standard InChI is InChI=1S/C26H45NO9S2.2Na/c1-16(4-7-23(29)27-12-13-37(30,31)32)19-5-6-20-24-21(9-11-26(19,20)3)25(2)10-8-18(28)14-17(25)15-22(24)36-38(33,34)35;;/h16-22,24,28H,4-15H2,1-3H3,(H,27,29)(H,30,31,32)(H,33,34,35);;/q;2*+1/p-1/t16-,17+,18-,19-,20+,21+,22-,24+,25+,26-;;/m1../s1.